The first-order chi connectivity index (χ1) is 16.5. The number of fused-ring (bicyclic) bond motifs is 1. The monoisotopic (exact) mass is 523 g/mol. The van der Waals surface area contributed by atoms with Crippen LogP contribution in [0.2, 0.25) is 5.15 Å². The Bertz CT molecular complexity index is 1330. The van der Waals surface area contributed by atoms with Crippen molar-refractivity contribution in [3.05, 3.63) is 62.2 Å². The minimum absolute atomic E-state index is 0.0641. The Balaban J connectivity index is 1.44. The number of nitrogens with zero attached hydrogens (tertiary/aromatic N) is 4. The molecule has 1 atom stereocenters. The Hall–Kier alpha value is -3.25. The molecule has 182 valence electrons. The number of aromatic nitrogens is 4. The number of nitrogens with one attached hydrogen (secondary N) is 1. The largest absolute Gasteiger partial charge is 0.419 e. The third-order valence-electron chi connectivity index (χ3n) is 5.35. The van der Waals surface area contributed by atoms with Crippen molar-refractivity contribution < 1.29 is 27.6 Å². The van der Waals surface area contributed by atoms with Crippen LogP contribution in [0.3, 0.4) is 0 Å². The smallest absolute Gasteiger partial charge is 0.310 e. The van der Waals surface area contributed by atoms with Gasteiger partial charge in [-0.1, -0.05) is 18.5 Å². The van der Waals surface area contributed by atoms with Gasteiger partial charge in [0.15, 0.2) is 11.6 Å². The Morgan fingerprint density at radius 2 is 1.91 bits per heavy atom. The number of anilines is 1. The van der Waals surface area contributed by atoms with E-state index < -0.39 is 22.7 Å². The Labute approximate surface area is 206 Å². The van der Waals surface area contributed by atoms with Gasteiger partial charge in [-0.05, 0) is 18.1 Å². The number of Topliss-reactive ketones (excluding diaryl/α,β-unsaturated/α-hetero) is 2. The molecule has 1 N–H and O–H groups in total. The molecule has 35 heavy (non-hydrogen) atoms. The molecule has 0 unspecified atom stereocenters. The number of rotatable bonds is 7. The molecule has 0 spiro atoms. The van der Waals surface area contributed by atoms with Crippen molar-refractivity contribution in [2.45, 2.75) is 44.7 Å². The van der Waals surface area contributed by atoms with Crippen LogP contribution in [-0.4, -0.2) is 37.4 Å². The summed E-state index contributed by atoms with van der Waals surface area (Å²) in [6.07, 6.45) is -0.626. The zero-order valence-electron chi connectivity index (χ0n) is 18.1. The molecule has 0 aromatic carbocycles. The van der Waals surface area contributed by atoms with Crippen molar-refractivity contribution in [3.8, 4) is 0 Å². The number of halogens is 4. The van der Waals surface area contributed by atoms with E-state index >= 15 is 0 Å². The zero-order valence-corrected chi connectivity index (χ0v) is 19.7. The summed E-state index contributed by atoms with van der Waals surface area (Å²) in [7, 11) is 0. The fraction of sp³-hybridized carbons (Fsp3) is 0.318. The number of thiazole rings is 1. The quantitative estimate of drug-likeness (QED) is 0.353. The SMILES string of the molecule is C[C@@H](CC(=O)c1ncnc2c1CCC(=O)N2)c1ncc(C(=O)Cc2cnc(Cl)c(C(F)(F)F)c2)s1. The lowest BCUT2D eigenvalue weighted by Gasteiger charge is -2.17. The molecule has 0 aliphatic carbocycles. The molecule has 0 saturated carbocycles. The molecule has 4 rings (SSSR count). The van der Waals surface area contributed by atoms with Crippen LogP contribution in [0.25, 0.3) is 0 Å². The maximum atomic E-state index is 13.0. The topological polar surface area (TPSA) is 115 Å². The van der Waals surface area contributed by atoms with Gasteiger partial charge in [0.05, 0.1) is 15.4 Å². The lowest BCUT2D eigenvalue weighted by atomic mass is 9.97. The Kier molecular flexibility index (Phi) is 6.95. The standard InChI is InChI=1S/C22H17ClF3N5O3S/c1-10(4-15(33)18-12-2-3-17(34)31-20(12)30-9-29-18)21-28-8-16(35-21)14(32)6-11-5-13(22(24,25)26)19(23)27-7-11/h5,7-10H,2-4,6H2,1H3,(H,29,30,31,34)/t10-/m0/s1. The van der Waals surface area contributed by atoms with E-state index in [9.17, 15) is 27.6 Å². The Morgan fingerprint density at radius 3 is 2.66 bits per heavy atom. The zero-order chi connectivity index (χ0) is 25.3. The number of hydrogen-bond acceptors (Lipinski definition) is 8. The summed E-state index contributed by atoms with van der Waals surface area (Å²) in [5, 5.41) is 2.48. The van der Waals surface area contributed by atoms with Gasteiger partial charge in [0, 0.05) is 43.1 Å². The molecule has 0 fully saturated rings. The van der Waals surface area contributed by atoms with Crippen LogP contribution in [0.4, 0.5) is 19.0 Å². The van der Waals surface area contributed by atoms with Crippen LogP contribution in [0.15, 0.2) is 24.8 Å². The second-order valence-electron chi connectivity index (χ2n) is 7.97. The number of alkyl halides is 3. The average Bonchev–Trinajstić information content (AvgIpc) is 3.29. The molecule has 8 nitrogen and oxygen atoms in total. The summed E-state index contributed by atoms with van der Waals surface area (Å²) in [5.41, 5.74) is -0.196. The van der Waals surface area contributed by atoms with Crippen LogP contribution in [0.1, 0.15) is 67.5 Å². The third-order valence-corrected chi connectivity index (χ3v) is 6.92. The number of amides is 1. The minimum atomic E-state index is -4.68. The van der Waals surface area contributed by atoms with Crippen LogP contribution in [-0.2, 0) is 23.8 Å². The molecule has 0 bridgehead atoms. The second kappa shape index (κ2) is 9.78. The van der Waals surface area contributed by atoms with Gasteiger partial charge in [0.2, 0.25) is 5.91 Å². The van der Waals surface area contributed by atoms with E-state index in [4.69, 9.17) is 11.6 Å². The molecule has 1 aliphatic rings. The first-order valence-electron chi connectivity index (χ1n) is 10.4. The molecule has 1 aliphatic heterocycles. The predicted octanol–water partition coefficient (Wildman–Crippen LogP) is 4.69. The van der Waals surface area contributed by atoms with Crippen molar-refractivity contribution >= 4 is 46.2 Å². The number of hydrogen-bond donors (Lipinski definition) is 1. The Morgan fingerprint density at radius 1 is 1.14 bits per heavy atom. The van der Waals surface area contributed by atoms with Gasteiger partial charge in [-0.15, -0.1) is 11.3 Å². The molecule has 4 heterocycles. The van der Waals surface area contributed by atoms with Gasteiger partial charge in [-0.25, -0.2) is 19.9 Å². The number of pyridine rings is 1. The van der Waals surface area contributed by atoms with Gasteiger partial charge in [-0.3, -0.25) is 14.4 Å². The van der Waals surface area contributed by atoms with Gasteiger partial charge in [0.1, 0.15) is 23.0 Å². The molecule has 0 saturated heterocycles. The lowest BCUT2D eigenvalue weighted by molar-refractivity contribution is -0.137. The van der Waals surface area contributed by atoms with Gasteiger partial charge in [-0.2, -0.15) is 13.2 Å². The highest BCUT2D eigenvalue weighted by molar-refractivity contribution is 7.13. The van der Waals surface area contributed by atoms with E-state index in [1.807, 2.05) is 0 Å². The maximum Gasteiger partial charge on any atom is 0.419 e. The minimum Gasteiger partial charge on any atom is -0.310 e. The normalized spacial score (nSPS) is 14.3. The van der Waals surface area contributed by atoms with Gasteiger partial charge in [0.25, 0.3) is 0 Å². The number of carbonyl (C=O) groups is 3. The van der Waals surface area contributed by atoms with Crippen molar-refractivity contribution in [3.63, 3.8) is 0 Å². The molecule has 13 heteroatoms. The van der Waals surface area contributed by atoms with E-state index in [1.54, 1.807) is 6.92 Å². The lowest BCUT2D eigenvalue weighted by Crippen LogP contribution is -2.23. The third kappa shape index (κ3) is 5.54. The van der Waals surface area contributed by atoms with Crippen molar-refractivity contribution in [2.24, 2.45) is 0 Å². The summed E-state index contributed by atoms with van der Waals surface area (Å²) in [6.45, 7) is 1.78. The van der Waals surface area contributed by atoms with E-state index in [2.05, 4.69) is 25.3 Å². The summed E-state index contributed by atoms with van der Waals surface area (Å²) < 4.78 is 39.1. The highest BCUT2D eigenvalue weighted by atomic mass is 35.5. The van der Waals surface area contributed by atoms with Crippen LogP contribution in [0, 0.1) is 0 Å². The van der Waals surface area contributed by atoms with Gasteiger partial charge < -0.3 is 5.32 Å². The van der Waals surface area contributed by atoms with Crippen LogP contribution < -0.4 is 5.32 Å². The first-order valence-corrected chi connectivity index (χ1v) is 11.6. The van der Waals surface area contributed by atoms with E-state index in [1.165, 1.54) is 12.5 Å². The molecule has 3 aromatic heterocycles. The summed E-state index contributed by atoms with van der Waals surface area (Å²) in [6, 6.07) is 0.807. The first kappa shape index (κ1) is 24.9. The maximum absolute atomic E-state index is 13.0. The highest BCUT2D eigenvalue weighted by Gasteiger charge is 2.34. The van der Waals surface area contributed by atoms with Crippen LogP contribution in [0.5, 0.6) is 0 Å². The predicted molar refractivity (Wildman–Crippen MR) is 121 cm³/mol. The molecular formula is C22H17ClF3N5O3S. The molecular weight excluding hydrogens is 507 g/mol. The molecule has 1 amide bonds. The number of ketones is 2. The summed E-state index contributed by atoms with van der Waals surface area (Å²) >= 11 is 6.60. The molecule has 3 aromatic rings. The fourth-order valence-electron chi connectivity index (χ4n) is 3.60. The summed E-state index contributed by atoms with van der Waals surface area (Å²) in [4.78, 5) is 53.2. The van der Waals surface area contributed by atoms with Gasteiger partial charge >= 0.3 is 6.18 Å². The van der Waals surface area contributed by atoms with E-state index in [-0.39, 0.29) is 53.0 Å². The summed E-state index contributed by atoms with van der Waals surface area (Å²) in [5.74, 6) is -0.856. The number of carbonyl (C=O) groups excluding carboxylic acids is 3. The van der Waals surface area contributed by atoms with Crippen molar-refractivity contribution in [2.75, 3.05) is 5.32 Å². The molecule has 0 radical (unpaired) electrons. The van der Waals surface area contributed by atoms with E-state index in [0.29, 0.717) is 22.8 Å². The second-order valence-corrected chi connectivity index (χ2v) is 9.39. The highest BCUT2D eigenvalue weighted by Crippen LogP contribution is 2.34. The van der Waals surface area contributed by atoms with Crippen molar-refractivity contribution in [1.29, 1.82) is 0 Å². The fourth-order valence-corrected chi connectivity index (χ4v) is 4.71. The van der Waals surface area contributed by atoms with E-state index in [0.717, 1.165) is 23.6 Å². The van der Waals surface area contributed by atoms with Crippen LogP contribution >= 0.6 is 22.9 Å². The average molecular weight is 524 g/mol. The van der Waals surface area contributed by atoms with Crippen molar-refractivity contribution in [1.82, 2.24) is 19.9 Å².